The Labute approximate surface area is 150 Å². The predicted molar refractivity (Wildman–Crippen MR) is 94.9 cm³/mol. The smallest absolute Gasteiger partial charge is 0.339 e. The minimum absolute atomic E-state index is 0.236. The highest BCUT2D eigenvalue weighted by Crippen LogP contribution is 2.23. The monoisotopic (exact) mass is 351 g/mol. The molecule has 0 aliphatic rings. The summed E-state index contributed by atoms with van der Waals surface area (Å²) in [5, 5.41) is 2.71. The maximum Gasteiger partial charge on any atom is 0.339 e. The number of nitrogens with one attached hydrogen (secondary N) is 1. The van der Waals surface area contributed by atoms with Crippen LogP contribution in [0.15, 0.2) is 77.4 Å². The maximum atomic E-state index is 12.7. The van der Waals surface area contributed by atoms with E-state index in [2.05, 4.69) is 5.32 Å². The minimum Gasteiger partial charge on any atom is -0.497 e. The summed E-state index contributed by atoms with van der Waals surface area (Å²) in [6, 6.07) is 18.5. The molecule has 3 rings (SSSR count). The second-order valence-corrected chi connectivity index (χ2v) is 5.38. The summed E-state index contributed by atoms with van der Waals surface area (Å²) in [5.41, 5.74) is 0.893. The van der Waals surface area contributed by atoms with Gasteiger partial charge in [0.05, 0.1) is 18.9 Å². The largest absolute Gasteiger partial charge is 0.497 e. The highest BCUT2D eigenvalue weighted by molar-refractivity contribution is 5.97. The van der Waals surface area contributed by atoms with Gasteiger partial charge in [0.1, 0.15) is 5.75 Å². The van der Waals surface area contributed by atoms with Crippen LogP contribution in [0.3, 0.4) is 0 Å². The van der Waals surface area contributed by atoms with E-state index in [0.717, 1.165) is 0 Å². The molecule has 3 aromatic rings. The molecule has 0 spiro atoms. The molecule has 6 nitrogen and oxygen atoms in total. The number of ether oxygens (including phenoxy) is 2. The number of methoxy groups -OCH3 is 1. The molecule has 0 saturated carbocycles. The first kappa shape index (κ1) is 17.3. The molecule has 0 aliphatic carbocycles. The fraction of sp³-hybridized carbons (Fsp3) is 0.100. The van der Waals surface area contributed by atoms with Crippen molar-refractivity contribution < 1.29 is 23.5 Å². The molecule has 1 amide bonds. The fourth-order valence-electron chi connectivity index (χ4n) is 2.31. The Morgan fingerprint density at radius 2 is 1.69 bits per heavy atom. The number of hydrogen-bond acceptors (Lipinski definition) is 5. The first-order valence-corrected chi connectivity index (χ1v) is 7.92. The van der Waals surface area contributed by atoms with Crippen LogP contribution in [-0.4, -0.2) is 19.0 Å². The number of benzene rings is 2. The lowest BCUT2D eigenvalue weighted by Crippen LogP contribution is -2.25. The Balaban J connectivity index is 1.77. The summed E-state index contributed by atoms with van der Waals surface area (Å²) in [6.45, 7) is 0. The molecular weight excluding hydrogens is 334 g/mol. The van der Waals surface area contributed by atoms with E-state index in [4.69, 9.17) is 13.9 Å². The zero-order valence-electron chi connectivity index (χ0n) is 14.0. The van der Waals surface area contributed by atoms with Crippen molar-refractivity contribution in [3.63, 3.8) is 0 Å². The van der Waals surface area contributed by atoms with Crippen LogP contribution >= 0.6 is 0 Å². The molecule has 1 heterocycles. The highest BCUT2D eigenvalue weighted by Gasteiger charge is 2.28. The average Bonchev–Trinajstić information content (AvgIpc) is 3.21. The number of rotatable bonds is 6. The standard InChI is InChI=1S/C20H17NO5/c1-24-16-11-9-15(10-12-16)21-19(22)18(17-8-5-13-25-17)26-20(23)14-6-3-2-4-7-14/h2-13,18H,1H3,(H,21,22). The van der Waals surface area contributed by atoms with Crippen LogP contribution in [-0.2, 0) is 9.53 Å². The summed E-state index contributed by atoms with van der Waals surface area (Å²) in [6.07, 6.45) is 0.208. The highest BCUT2D eigenvalue weighted by atomic mass is 16.6. The van der Waals surface area contributed by atoms with Gasteiger partial charge in [0.15, 0.2) is 5.76 Å². The zero-order chi connectivity index (χ0) is 18.4. The van der Waals surface area contributed by atoms with Gasteiger partial charge in [0.2, 0.25) is 6.10 Å². The van der Waals surface area contributed by atoms with E-state index in [1.54, 1.807) is 73.8 Å². The fourth-order valence-corrected chi connectivity index (χ4v) is 2.31. The van der Waals surface area contributed by atoms with Crippen LogP contribution < -0.4 is 10.1 Å². The number of carbonyl (C=O) groups excluding carboxylic acids is 2. The van der Waals surface area contributed by atoms with E-state index in [-0.39, 0.29) is 5.76 Å². The van der Waals surface area contributed by atoms with Crippen LogP contribution in [0, 0.1) is 0 Å². The third kappa shape index (κ3) is 4.10. The Kier molecular flexibility index (Phi) is 5.34. The molecular formula is C20H17NO5. The van der Waals surface area contributed by atoms with Crippen LogP contribution in [0.4, 0.5) is 5.69 Å². The topological polar surface area (TPSA) is 77.8 Å². The first-order valence-electron chi connectivity index (χ1n) is 7.92. The number of anilines is 1. The van der Waals surface area contributed by atoms with Crippen molar-refractivity contribution in [2.24, 2.45) is 0 Å². The summed E-state index contributed by atoms with van der Waals surface area (Å²) in [4.78, 5) is 25.0. The summed E-state index contributed by atoms with van der Waals surface area (Å²) in [5.74, 6) is -0.229. The molecule has 0 fully saturated rings. The lowest BCUT2D eigenvalue weighted by molar-refractivity contribution is -0.125. The van der Waals surface area contributed by atoms with Gasteiger partial charge in [0.25, 0.3) is 5.91 Å². The van der Waals surface area contributed by atoms with Crippen molar-refractivity contribution in [1.29, 1.82) is 0 Å². The molecule has 0 aliphatic heterocycles. The van der Waals surface area contributed by atoms with E-state index in [1.807, 2.05) is 0 Å². The number of esters is 1. The quantitative estimate of drug-likeness (QED) is 0.683. The predicted octanol–water partition coefficient (Wildman–Crippen LogP) is 3.83. The van der Waals surface area contributed by atoms with E-state index in [9.17, 15) is 9.59 Å². The first-order chi connectivity index (χ1) is 12.7. The van der Waals surface area contributed by atoms with Gasteiger partial charge in [-0.15, -0.1) is 0 Å². The number of carbonyl (C=O) groups is 2. The van der Waals surface area contributed by atoms with Crippen LogP contribution in [0.5, 0.6) is 5.75 Å². The molecule has 1 atom stereocenters. The van der Waals surface area contributed by atoms with Crippen molar-refractivity contribution in [1.82, 2.24) is 0 Å². The molecule has 132 valence electrons. The lowest BCUT2D eigenvalue weighted by Gasteiger charge is -2.16. The van der Waals surface area contributed by atoms with Crippen LogP contribution in [0.1, 0.15) is 22.2 Å². The average molecular weight is 351 g/mol. The Hall–Kier alpha value is -3.54. The van der Waals surface area contributed by atoms with Crippen molar-refractivity contribution >= 4 is 17.6 Å². The minimum atomic E-state index is -1.21. The van der Waals surface area contributed by atoms with Gasteiger partial charge in [-0.05, 0) is 48.5 Å². The Morgan fingerprint density at radius 1 is 0.962 bits per heavy atom. The van der Waals surface area contributed by atoms with Gasteiger partial charge in [-0.2, -0.15) is 0 Å². The second kappa shape index (κ2) is 8.02. The van der Waals surface area contributed by atoms with Gasteiger partial charge in [-0.25, -0.2) is 4.79 Å². The molecule has 26 heavy (non-hydrogen) atoms. The van der Waals surface area contributed by atoms with Crippen molar-refractivity contribution in [3.05, 3.63) is 84.3 Å². The van der Waals surface area contributed by atoms with Crippen LogP contribution in [0.25, 0.3) is 0 Å². The summed E-state index contributed by atoms with van der Waals surface area (Å²) >= 11 is 0. The van der Waals surface area contributed by atoms with Crippen molar-refractivity contribution in [2.75, 3.05) is 12.4 Å². The number of amides is 1. The number of hydrogen-bond donors (Lipinski definition) is 1. The van der Waals surface area contributed by atoms with Gasteiger partial charge in [-0.3, -0.25) is 4.79 Å². The Bertz CT molecular complexity index is 857. The van der Waals surface area contributed by atoms with E-state index in [1.165, 1.54) is 6.26 Å². The van der Waals surface area contributed by atoms with Crippen molar-refractivity contribution in [3.8, 4) is 5.75 Å². The molecule has 0 saturated heterocycles. The molecule has 1 unspecified atom stereocenters. The summed E-state index contributed by atoms with van der Waals surface area (Å²) < 4.78 is 15.7. The molecule has 1 N–H and O–H groups in total. The van der Waals surface area contributed by atoms with Gasteiger partial charge >= 0.3 is 5.97 Å². The molecule has 6 heteroatoms. The second-order valence-electron chi connectivity index (χ2n) is 5.38. The van der Waals surface area contributed by atoms with E-state index in [0.29, 0.717) is 17.0 Å². The van der Waals surface area contributed by atoms with Gasteiger partial charge in [0, 0.05) is 5.69 Å². The number of furan rings is 1. The summed E-state index contributed by atoms with van der Waals surface area (Å²) in [7, 11) is 1.56. The van der Waals surface area contributed by atoms with Crippen molar-refractivity contribution in [2.45, 2.75) is 6.10 Å². The zero-order valence-corrected chi connectivity index (χ0v) is 14.0. The maximum absolute atomic E-state index is 12.7. The van der Waals surface area contributed by atoms with Gasteiger partial charge in [-0.1, -0.05) is 18.2 Å². The lowest BCUT2D eigenvalue weighted by atomic mass is 10.2. The molecule has 0 bridgehead atoms. The molecule has 0 radical (unpaired) electrons. The third-order valence-corrected chi connectivity index (χ3v) is 3.63. The third-order valence-electron chi connectivity index (χ3n) is 3.63. The molecule has 1 aromatic heterocycles. The van der Waals surface area contributed by atoms with Crippen LogP contribution in [0.2, 0.25) is 0 Å². The Morgan fingerprint density at radius 3 is 2.31 bits per heavy atom. The van der Waals surface area contributed by atoms with E-state index < -0.39 is 18.0 Å². The SMILES string of the molecule is COc1ccc(NC(=O)C(OC(=O)c2ccccc2)c2ccco2)cc1. The van der Waals surface area contributed by atoms with Gasteiger partial charge < -0.3 is 19.2 Å². The van der Waals surface area contributed by atoms with E-state index >= 15 is 0 Å². The normalized spacial score (nSPS) is 11.4. The molecule has 2 aromatic carbocycles.